The SMILES string of the molecule is Cc1ccc(NC(=O)N(C)c2cccnc2)cc1C(=O)O. The van der Waals surface area contributed by atoms with E-state index in [0.29, 0.717) is 16.9 Å². The highest BCUT2D eigenvalue weighted by Gasteiger charge is 2.13. The highest BCUT2D eigenvalue weighted by atomic mass is 16.4. The van der Waals surface area contributed by atoms with Gasteiger partial charge in [-0.2, -0.15) is 0 Å². The zero-order valence-electron chi connectivity index (χ0n) is 11.7. The second-order valence-corrected chi connectivity index (χ2v) is 4.54. The maximum atomic E-state index is 12.1. The van der Waals surface area contributed by atoms with Crippen LogP contribution in [0.1, 0.15) is 15.9 Å². The zero-order chi connectivity index (χ0) is 15.4. The van der Waals surface area contributed by atoms with Crippen molar-refractivity contribution >= 4 is 23.4 Å². The molecule has 2 aromatic rings. The minimum atomic E-state index is -1.02. The number of nitrogens with zero attached hydrogens (tertiary/aromatic N) is 2. The predicted octanol–water partition coefficient (Wildman–Crippen LogP) is 2.76. The van der Waals surface area contributed by atoms with Crippen LogP contribution in [-0.2, 0) is 0 Å². The summed E-state index contributed by atoms with van der Waals surface area (Å²) in [6.45, 7) is 1.71. The average Bonchev–Trinajstić information content (AvgIpc) is 2.49. The lowest BCUT2D eigenvalue weighted by Crippen LogP contribution is -2.31. The first-order valence-corrected chi connectivity index (χ1v) is 6.27. The Hall–Kier alpha value is -2.89. The van der Waals surface area contributed by atoms with Crippen molar-refractivity contribution in [3.63, 3.8) is 0 Å². The number of benzene rings is 1. The number of carboxylic acid groups (broad SMARTS) is 1. The fourth-order valence-corrected chi connectivity index (χ4v) is 1.81. The van der Waals surface area contributed by atoms with Gasteiger partial charge in [0.2, 0.25) is 0 Å². The molecule has 1 aromatic carbocycles. The summed E-state index contributed by atoms with van der Waals surface area (Å²) in [5, 5.41) is 11.7. The van der Waals surface area contributed by atoms with Gasteiger partial charge in [-0.1, -0.05) is 6.07 Å². The molecule has 0 aliphatic heterocycles. The highest BCUT2D eigenvalue weighted by Crippen LogP contribution is 2.17. The number of pyridine rings is 1. The number of aromatic nitrogens is 1. The summed E-state index contributed by atoms with van der Waals surface area (Å²) in [5.41, 5.74) is 1.87. The van der Waals surface area contributed by atoms with Crippen LogP contribution in [0.25, 0.3) is 0 Å². The molecule has 6 heteroatoms. The Balaban J connectivity index is 2.16. The van der Waals surface area contributed by atoms with E-state index in [1.807, 2.05) is 0 Å². The van der Waals surface area contributed by atoms with Crippen LogP contribution >= 0.6 is 0 Å². The van der Waals surface area contributed by atoms with Crippen molar-refractivity contribution in [3.05, 3.63) is 53.9 Å². The normalized spacial score (nSPS) is 10.0. The lowest BCUT2D eigenvalue weighted by Gasteiger charge is -2.18. The van der Waals surface area contributed by atoms with Gasteiger partial charge in [0.15, 0.2) is 0 Å². The van der Waals surface area contributed by atoms with E-state index in [1.54, 1.807) is 50.6 Å². The fraction of sp³-hybridized carbons (Fsp3) is 0.133. The Morgan fingerprint density at radius 1 is 1.29 bits per heavy atom. The summed E-state index contributed by atoms with van der Waals surface area (Å²) in [7, 11) is 1.61. The van der Waals surface area contributed by atoms with Gasteiger partial charge in [-0.25, -0.2) is 9.59 Å². The zero-order valence-corrected chi connectivity index (χ0v) is 11.7. The van der Waals surface area contributed by atoms with E-state index in [-0.39, 0.29) is 11.6 Å². The lowest BCUT2D eigenvalue weighted by atomic mass is 10.1. The number of hydrogen-bond donors (Lipinski definition) is 2. The van der Waals surface area contributed by atoms with E-state index < -0.39 is 5.97 Å². The Labute approximate surface area is 122 Å². The summed E-state index contributed by atoms with van der Waals surface area (Å²) in [4.78, 5) is 28.5. The first-order valence-electron chi connectivity index (χ1n) is 6.27. The van der Waals surface area contributed by atoms with Gasteiger partial charge in [0.05, 0.1) is 17.4 Å². The molecule has 108 valence electrons. The molecule has 1 aromatic heterocycles. The minimum absolute atomic E-state index is 0.164. The number of aromatic carboxylic acids is 1. The Kier molecular flexibility index (Phi) is 4.18. The van der Waals surface area contributed by atoms with Gasteiger partial charge in [0.1, 0.15) is 0 Å². The Morgan fingerprint density at radius 2 is 2.05 bits per heavy atom. The van der Waals surface area contributed by atoms with E-state index >= 15 is 0 Å². The van der Waals surface area contributed by atoms with Gasteiger partial charge in [0.25, 0.3) is 0 Å². The lowest BCUT2D eigenvalue weighted by molar-refractivity contribution is 0.0696. The number of urea groups is 1. The quantitative estimate of drug-likeness (QED) is 0.908. The van der Waals surface area contributed by atoms with Gasteiger partial charge in [-0.05, 0) is 36.8 Å². The van der Waals surface area contributed by atoms with E-state index in [9.17, 15) is 9.59 Å². The van der Waals surface area contributed by atoms with Crippen molar-refractivity contribution in [3.8, 4) is 0 Å². The molecule has 0 radical (unpaired) electrons. The van der Waals surface area contributed by atoms with Crippen molar-refractivity contribution in [2.45, 2.75) is 6.92 Å². The summed E-state index contributed by atoms with van der Waals surface area (Å²) in [5.74, 6) is -1.02. The number of carbonyl (C=O) groups excluding carboxylic acids is 1. The van der Waals surface area contributed by atoms with E-state index in [2.05, 4.69) is 10.3 Å². The van der Waals surface area contributed by atoms with Crippen molar-refractivity contribution < 1.29 is 14.7 Å². The van der Waals surface area contributed by atoms with Gasteiger partial charge in [-0.15, -0.1) is 0 Å². The highest BCUT2D eigenvalue weighted by molar-refractivity contribution is 6.02. The summed E-state index contributed by atoms with van der Waals surface area (Å²) >= 11 is 0. The monoisotopic (exact) mass is 285 g/mol. The summed E-state index contributed by atoms with van der Waals surface area (Å²) < 4.78 is 0. The maximum Gasteiger partial charge on any atom is 0.336 e. The van der Waals surface area contributed by atoms with Crippen molar-refractivity contribution in [1.82, 2.24) is 4.98 Å². The molecule has 0 saturated heterocycles. The third kappa shape index (κ3) is 3.36. The van der Waals surface area contributed by atoms with E-state index in [0.717, 1.165) is 0 Å². The topological polar surface area (TPSA) is 82.5 Å². The smallest absolute Gasteiger partial charge is 0.336 e. The molecular formula is C15H15N3O3. The van der Waals surface area contributed by atoms with Crippen LogP contribution in [0.4, 0.5) is 16.2 Å². The first-order chi connectivity index (χ1) is 9.99. The third-order valence-electron chi connectivity index (χ3n) is 3.06. The van der Waals surface area contributed by atoms with Crippen LogP contribution in [0.5, 0.6) is 0 Å². The van der Waals surface area contributed by atoms with Crippen LogP contribution in [0.3, 0.4) is 0 Å². The van der Waals surface area contributed by atoms with Crippen LogP contribution in [0, 0.1) is 6.92 Å². The molecule has 2 N–H and O–H groups in total. The van der Waals surface area contributed by atoms with Crippen molar-refractivity contribution in [1.29, 1.82) is 0 Å². The third-order valence-corrected chi connectivity index (χ3v) is 3.06. The molecule has 21 heavy (non-hydrogen) atoms. The predicted molar refractivity (Wildman–Crippen MR) is 79.8 cm³/mol. The van der Waals surface area contributed by atoms with Crippen LogP contribution in [0.2, 0.25) is 0 Å². The van der Waals surface area contributed by atoms with Crippen LogP contribution < -0.4 is 10.2 Å². The molecule has 0 unspecified atom stereocenters. The number of nitrogens with one attached hydrogen (secondary N) is 1. The molecule has 2 amide bonds. The van der Waals surface area contributed by atoms with E-state index in [4.69, 9.17) is 5.11 Å². The molecule has 0 bridgehead atoms. The van der Waals surface area contributed by atoms with Crippen LogP contribution in [0.15, 0.2) is 42.7 Å². The van der Waals surface area contributed by atoms with E-state index in [1.165, 1.54) is 11.0 Å². The Morgan fingerprint density at radius 3 is 2.67 bits per heavy atom. The Bertz CT molecular complexity index is 671. The molecule has 0 saturated carbocycles. The second-order valence-electron chi connectivity index (χ2n) is 4.54. The molecule has 0 atom stereocenters. The summed E-state index contributed by atoms with van der Waals surface area (Å²) in [6, 6.07) is 7.87. The minimum Gasteiger partial charge on any atom is -0.478 e. The number of aryl methyl sites for hydroxylation is 1. The van der Waals surface area contributed by atoms with Crippen LogP contribution in [-0.4, -0.2) is 29.1 Å². The number of amides is 2. The molecule has 0 fully saturated rings. The van der Waals surface area contributed by atoms with Gasteiger partial charge >= 0.3 is 12.0 Å². The number of anilines is 2. The molecule has 6 nitrogen and oxygen atoms in total. The number of hydrogen-bond acceptors (Lipinski definition) is 3. The number of carbonyl (C=O) groups is 2. The molecule has 0 aliphatic carbocycles. The maximum absolute atomic E-state index is 12.1. The average molecular weight is 285 g/mol. The molecule has 0 spiro atoms. The molecule has 1 heterocycles. The largest absolute Gasteiger partial charge is 0.478 e. The number of carboxylic acids is 1. The molecule has 0 aliphatic rings. The van der Waals surface area contributed by atoms with Gasteiger partial charge < -0.3 is 10.4 Å². The van der Waals surface area contributed by atoms with Crippen molar-refractivity contribution in [2.24, 2.45) is 0 Å². The standard InChI is InChI=1S/C15H15N3O3/c1-10-5-6-11(8-13(10)14(19)20)17-15(21)18(2)12-4-3-7-16-9-12/h3-9H,1-2H3,(H,17,21)(H,19,20). The molecular weight excluding hydrogens is 270 g/mol. The fourth-order valence-electron chi connectivity index (χ4n) is 1.81. The summed E-state index contributed by atoms with van der Waals surface area (Å²) in [6.07, 6.45) is 3.19. The first kappa shape index (κ1) is 14.5. The number of rotatable bonds is 3. The molecule has 2 rings (SSSR count). The van der Waals surface area contributed by atoms with Gasteiger partial charge in [-0.3, -0.25) is 9.88 Å². The van der Waals surface area contributed by atoms with Gasteiger partial charge in [0, 0.05) is 18.9 Å². The van der Waals surface area contributed by atoms with Crippen molar-refractivity contribution in [2.75, 3.05) is 17.3 Å². The second kappa shape index (κ2) is 6.04.